The zero-order chi connectivity index (χ0) is 27.4. The summed E-state index contributed by atoms with van der Waals surface area (Å²) in [5.74, 6) is 0. The normalized spacial score (nSPS) is 12.2. The predicted octanol–water partition coefficient (Wildman–Crippen LogP) is 9.69. The zero-order valence-corrected chi connectivity index (χ0v) is 25.7. The minimum absolute atomic E-state index is 0.194. The first kappa shape index (κ1) is 29.2. The predicted molar refractivity (Wildman–Crippen MR) is 160 cm³/mol. The Balaban J connectivity index is 0.00000121. The topological polar surface area (TPSA) is 29.6 Å². The van der Waals surface area contributed by atoms with Crippen LogP contribution in [0, 0.1) is 41.5 Å². The molecule has 3 aromatic carbocycles. The summed E-state index contributed by atoms with van der Waals surface area (Å²) in [4.78, 5) is 10.3. The molecule has 0 N–H and O–H groups in total. The summed E-state index contributed by atoms with van der Waals surface area (Å²) in [5, 5.41) is 2.41. The van der Waals surface area contributed by atoms with Gasteiger partial charge in [-0.15, -0.1) is 0 Å². The van der Waals surface area contributed by atoms with Crippen molar-refractivity contribution < 1.29 is 13.1 Å². The van der Waals surface area contributed by atoms with Gasteiger partial charge in [0.05, 0.1) is 34.2 Å². The maximum absolute atomic E-state index is 5.13. The van der Waals surface area contributed by atoms with Crippen molar-refractivity contribution >= 4 is 53.8 Å². The Morgan fingerprint density at radius 2 is 0.946 bits per heavy atom. The first-order chi connectivity index (χ1) is 17.5. The van der Waals surface area contributed by atoms with Gasteiger partial charge in [0.25, 0.3) is 0 Å². The molecule has 0 fully saturated rings. The number of rotatable bonds is 4. The molecule has 37 heavy (non-hydrogen) atoms. The van der Waals surface area contributed by atoms with Crippen LogP contribution in [0.15, 0.2) is 58.5 Å². The van der Waals surface area contributed by atoms with Crippen LogP contribution in [0.25, 0.3) is 10.8 Å². The van der Waals surface area contributed by atoms with Crippen LogP contribution in [0.4, 0.5) is 11.4 Å². The van der Waals surface area contributed by atoms with Crippen LogP contribution >= 0.6 is 20.2 Å². The number of hydrogen-bond acceptors (Lipinski definition) is 2. The molecule has 4 rings (SSSR count). The van der Waals surface area contributed by atoms with Gasteiger partial charge in [-0.3, -0.25) is 9.98 Å². The van der Waals surface area contributed by atoms with Crippen molar-refractivity contribution in [2.24, 2.45) is 17.0 Å². The molecule has 0 saturated heterocycles. The number of fused-ring (bicyclic) bond motifs is 1. The molecule has 3 nitrogen and oxygen atoms in total. The van der Waals surface area contributed by atoms with Crippen molar-refractivity contribution in [3.8, 4) is 0 Å². The molecule has 4 aromatic rings. The zero-order valence-electron chi connectivity index (χ0n) is 23.1. The monoisotopic (exact) mass is 575 g/mol. The molecule has 0 unspecified atom stereocenters. The molecule has 0 aliphatic heterocycles. The van der Waals surface area contributed by atoms with E-state index in [1.807, 2.05) is 0 Å². The molecule has 6 heteroatoms. The Morgan fingerprint density at radius 1 is 0.649 bits per heavy atom. The molecule has 0 saturated carbocycles. The molecule has 0 spiro atoms. The Kier molecular flexibility index (Phi) is 9.83. The molecule has 1 heterocycles. The van der Waals surface area contributed by atoms with Crippen molar-refractivity contribution in [1.29, 1.82) is 0 Å². The number of aryl methyl sites for hydroxylation is 6. The first-order valence-corrected chi connectivity index (χ1v) is 15.2. The maximum atomic E-state index is 5.13. The number of halogens is 2. The number of hydrogen-bond donors (Lipinski definition) is 0. The minimum atomic E-state index is 0.194. The molecule has 0 radical (unpaired) electrons. The van der Waals surface area contributed by atoms with Crippen LogP contribution < -0.4 is 0 Å². The van der Waals surface area contributed by atoms with Crippen LogP contribution in [0.5, 0.6) is 0 Å². The average Bonchev–Trinajstić information content (AvgIpc) is 3.10. The number of aromatic nitrogens is 1. The van der Waals surface area contributed by atoms with Crippen molar-refractivity contribution in [2.75, 3.05) is 0 Å². The van der Waals surface area contributed by atoms with Gasteiger partial charge in [0.2, 0.25) is 0 Å². The standard InChI is InChI=1S/C31H35N3.2ClH.Fe/c1-18-14-20(3)28(21(4)15-18)32-24(7)30-26-12-10-11-13-27(26)31(34(30)9)25(8)33-29-22(5)16-19(2)17-23(29)6;;;/h10-17H,1-9H3;2*1H;/q;;;+2/p-2. The second kappa shape index (κ2) is 12.5. The van der Waals surface area contributed by atoms with Gasteiger partial charge < -0.3 is 4.57 Å². The van der Waals surface area contributed by atoms with E-state index in [-0.39, 0.29) is 13.1 Å². The van der Waals surface area contributed by atoms with E-state index in [9.17, 15) is 0 Å². The molecule has 0 aliphatic carbocycles. The second-order valence-electron chi connectivity index (χ2n) is 9.74. The third-order valence-electron chi connectivity index (χ3n) is 6.62. The summed E-state index contributed by atoms with van der Waals surface area (Å²) in [6.45, 7) is 17.1. The first-order valence-electron chi connectivity index (χ1n) is 12.2. The summed E-state index contributed by atoms with van der Waals surface area (Å²) in [5.41, 5.74) is 13.8. The average molecular weight is 576 g/mol. The van der Waals surface area contributed by atoms with E-state index in [2.05, 4.69) is 116 Å². The Labute approximate surface area is 236 Å². The Hall–Kier alpha value is -2.36. The molecule has 0 amide bonds. The van der Waals surface area contributed by atoms with Crippen molar-refractivity contribution in [2.45, 2.75) is 55.4 Å². The molecule has 0 atom stereocenters. The third kappa shape index (κ3) is 6.38. The van der Waals surface area contributed by atoms with Gasteiger partial charge in [-0.05, 0) is 77.6 Å². The number of nitrogens with zero attached hydrogens (tertiary/aromatic N) is 3. The fourth-order valence-electron chi connectivity index (χ4n) is 5.38. The third-order valence-corrected chi connectivity index (χ3v) is 6.62. The van der Waals surface area contributed by atoms with Gasteiger partial charge in [-0.1, -0.05) is 59.7 Å². The second-order valence-corrected chi connectivity index (χ2v) is 11.6. The Morgan fingerprint density at radius 3 is 1.24 bits per heavy atom. The van der Waals surface area contributed by atoms with Crippen molar-refractivity contribution in [3.05, 3.63) is 93.3 Å². The molecular formula is C31H35Cl2FeN3. The molecule has 196 valence electrons. The number of benzene rings is 3. The van der Waals surface area contributed by atoms with Gasteiger partial charge in [0, 0.05) is 17.8 Å². The fraction of sp³-hybridized carbons (Fsp3) is 0.290. The quantitative estimate of drug-likeness (QED) is 0.171. The van der Waals surface area contributed by atoms with E-state index >= 15 is 0 Å². The molecule has 0 bridgehead atoms. The van der Waals surface area contributed by atoms with Crippen LogP contribution in [-0.2, 0) is 20.2 Å². The van der Waals surface area contributed by atoms with Crippen molar-refractivity contribution in [3.63, 3.8) is 0 Å². The van der Waals surface area contributed by atoms with Gasteiger partial charge in [-0.25, -0.2) is 0 Å². The van der Waals surface area contributed by atoms with E-state index in [1.54, 1.807) is 0 Å². The SMILES string of the molecule is CC(=Nc1c(C)cc(C)cc1C)c1c2ccccc2c(C(C)=Nc2c(C)cc(C)cc2C)n1C.[Cl][Fe][Cl]. The molecule has 0 aliphatic rings. The van der Waals surface area contributed by atoms with E-state index < -0.39 is 0 Å². The summed E-state index contributed by atoms with van der Waals surface area (Å²) in [6.07, 6.45) is 0. The van der Waals surface area contributed by atoms with Crippen molar-refractivity contribution in [1.82, 2.24) is 4.57 Å². The summed E-state index contributed by atoms with van der Waals surface area (Å²) >= 11 is 0.194. The summed E-state index contributed by atoms with van der Waals surface area (Å²) in [7, 11) is 11.7. The molecule has 1 aromatic heterocycles. The summed E-state index contributed by atoms with van der Waals surface area (Å²) in [6, 6.07) is 17.4. The van der Waals surface area contributed by atoms with E-state index in [4.69, 9.17) is 30.2 Å². The molecular weight excluding hydrogens is 541 g/mol. The number of aliphatic imine (C=N–C) groups is 2. The van der Waals surface area contributed by atoms with E-state index in [0.29, 0.717) is 0 Å². The van der Waals surface area contributed by atoms with Gasteiger partial charge in [0.15, 0.2) is 0 Å². The van der Waals surface area contributed by atoms with Gasteiger partial charge in [-0.2, -0.15) is 0 Å². The summed E-state index contributed by atoms with van der Waals surface area (Å²) < 4.78 is 2.26. The van der Waals surface area contributed by atoms with E-state index in [1.165, 1.54) is 44.2 Å². The van der Waals surface area contributed by atoms with Crippen LogP contribution in [0.3, 0.4) is 0 Å². The Bertz CT molecular complexity index is 1360. The van der Waals surface area contributed by atoms with E-state index in [0.717, 1.165) is 34.2 Å². The van der Waals surface area contributed by atoms with Crippen LogP contribution in [0.2, 0.25) is 0 Å². The van der Waals surface area contributed by atoms with Gasteiger partial charge in [0.1, 0.15) is 0 Å². The van der Waals surface area contributed by atoms with Crippen LogP contribution in [-0.4, -0.2) is 16.0 Å². The fourth-order valence-corrected chi connectivity index (χ4v) is 5.38. The van der Waals surface area contributed by atoms with Gasteiger partial charge >= 0.3 is 33.3 Å². The van der Waals surface area contributed by atoms with Crippen LogP contribution in [0.1, 0.15) is 58.6 Å².